The van der Waals surface area contributed by atoms with Crippen LogP contribution in [0.1, 0.15) is 41.5 Å². The van der Waals surface area contributed by atoms with Gasteiger partial charge >= 0.3 is 0 Å². The second-order valence-corrected chi connectivity index (χ2v) is 8.60. The van der Waals surface area contributed by atoms with E-state index in [0.29, 0.717) is 10.7 Å². The molecule has 0 radical (unpaired) electrons. The summed E-state index contributed by atoms with van der Waals surface area (Å²) in [6, 6.07) is 0. The minimum atomic E-state index is 0.174. The van der Waals surface area contributed by atoms with Crippen molar-refractivity contribution in [2.45, 2.75) is 52.3 Å². The van der Waals surface area contributed by atoms with Crippen LogP contribution < -0.4 is 0 Å². The van der Waals surface area contributed by atoms with E-state index in [4.69, 9.17) is 9.98 Å². The second-order valence-electron chi connectivity index (χ2n) is 6.39. The molecule has 0 spiro atoms. The lowest BCUT2D eigenvalue weighted by Gasteiger charge is -2.19. The molecule has 2 heterocycles. The van der Waals surface area contributed by atoms with Crippen LogP contribution in [0.2, 0.25) is 0 Å². The summed E-state index contributed by atoms with van der Waals surface area (Å²) in [6.45, 7) is 13.3. The van der Waals surface area contributed by atoms with Crippen molar-refractivity contribution in [1.29, 1.82) is 0 Å². The summed E-state index contributed by atoms with van der Waals surface area (Å²) in [5.74, 6) is 0. The predicted octanol–water partition coefficient (Wildman–Crippen LogP) is 4.02. The minimum Gasteiger partial charge on any atom is -0.265 e. The van der Waals surface area contributed by atoms with Gasteiger partial charge in [0.25, 0.3) is 0 Å². The quantitative estimate of drug-likeness (QED) is 0.654. The Balaban J connectivity index is 2.11. The van der Waals surface area contributed by atoms with Crippen molar-refractivity contribution >= 4 is 33.6 Å². The lowest BCUT2D eigenvalue weighted by molar-refractivity contribution is 0.600. The summed E-state index contributed by atoms with van der Waals surface area (Å²) >= 11 is 3.70. The van der Waals surface area contributed by atoms with Crippen LogP contribution in [-0.4, -0.2) is 20.8 Å². The number of hydrogen-bond acceptors (Lipinski definition) is 4. The lowest BCUT2D eigenvalue weighted by Crippen LogP contribution is -2.17. The maximum atomic E-state index is 4.81. The van der Waals surface area contributed by atoms with Crippen molar-refractivity contribution in [3.8, 4) is 0 Å². The molecule has 0 aromatic carbocycles. The average molecular weight is 256 g/mol. The highest BCUT2D eigenvalue weighted by molar-refractivity contribution is 8.19. The molecule has 0 fully saturated rings. The van der Waals surface area contributed by atoms with Gasteiger partial charge in [-0.25, -0.2) is 0 Å². The Hall–Kier alpha value is 0.0400. The summed E-state index contributed by atoms with van der Waals surface area (Å²) in [7, 11) is 0. The van der Waals surface area contributed by atoms with Gasteiger partial charge in [-0.15, -0.1) is 0 Å². The second kappa shape index (κ2) is 3.77. The Morgan fingerprint density at radius 2 is 1.06 bits per heavy atom. The standard InChI is InChI=1S/C12H20N2S2/c1-11(2,3)9-13-7-8(15-9)14-10(16-7)12(4,5)6/h7-8H,1-6H3. The Bertz CT molecular complexity index is 322. The predicted molar refractivity (Wildman–Crippen MR) is 76.5 cm³/mol. The van der Waals surface area contributed by atoms with E-state index in [1.807, 2.05) is 23.5 Å². The van der Waals surface area contributed by atoms with Crippen molar-refractivity contribution in [2.75, 3.05) is 0 Å². The smallest absolute Gasteiger partial charge is 0.134 e. The van der Waals surface area contributed by atoms with E-state index in [0.717, 1.165) is 0 Å². The van der Waals surface area contributed by atoms with Gasteiger partial charge in [0.2, 0.25) is 0 Å². The fourth-order valence-electron chi connectivity index (χ4n) is 1.56. The first-order chi connectivity index (χ1) is 7.18. The number of rotatable bonds is 0. The van der Waals surface area contributed by atoms with Crippen LogP contribution in [0.3, 0.4) is 0 Å². The molecule has 4 heteroatoms. The molecule has 2 rings (SSSR count). The molecular formula is C12H20N2S2. The van der Waals surface area contributed by atoms with Gasteiger partial charge in [-0.1, -0.05) is 65.1 Å². The van der Waals surface area contributed by atoms with Crippen LogP contribution in [0, 0.1) is 10.8 Å². The van der Waals surface area contributed by atoms with E-state index >= 15 is 0 Å². The maximum absolute atomic E-state index is 4.81. The fraction of sp³-hybridized carbons (Fsp3) is 0.833. The first-order valence-electron chi connectivity index (χ1n) is 5.68. The number of fused-ring (bicyclic) bond motifs is 1. The largest absolute Gasteiger partial charge is 0.265 e. The SMILES string of the molecule is CC(C)(C)C1=NC2SC(C(C)(C)C)=NC2S1. The summed E-state index contributed by atoms with van der Waals surface area (Å²) in [4.78, 5) is 9.63. The topological polar surface area (TPSA) is 24.7 Å². The average Bonchev–Trinajstić information content (AvgIpc) is 2.53. The lowest BCUT2D eigenvalue weighted by atomic mass is 9.99. The molecule has 0 amide bonds. The van der Waals surface area contributed by atoms with Gasteiger partial charge in [-0.2, -0.15) is 0 Å². The molecule has 0 N–H and O–H groups in total. The Labute approximate surface area is 107 Å². The van der Waals surface area contributed by atoms with Crippen molar-refractivity contribution in [2.24, 2.45) is 20.8 Å². The molecule has 2 aliphatic heterocycles. The van der Waals surface area contributed by atoms with Gasteiger partial charge in [0, 0.05) is 10.8 Å². The van der Waals surface area contributed by atoms with Crippen LogP contribution in [0.5, 0.6) is 0 Å². The van der Waals surface area contributed by atoms with Crippen molar-refractivity contribution in [3.05, 3.63) is 0 Å². The Morgan fingerprint density at radius 3 is 1.31 bits per heavy atom. The van der Waals surface area contributed by atoms with E-state index in [-0.39, 0.29) is 10.8 Å². The molecule has 0 aliphatic carbocycles. The van der Waals surface area contributed by atoms with Crippen LogP contribution in [0.25, 0.3) is 0 Å². The molecule has 2 unspecified atom stereocenters. The number of nitrogens with zero attached hydrogens (tertiary/aromatic N) is 2. The van der Waals surface area contributed by atoms with E-state index < -0.39 is 0 Å². The third-order valence-electron chi connectivity index (χ3n) is 2.48. The van der Waals surface area contributed by atoms with Gasteiger partial charge in [-0.05, 0) is 0 Å². The molecule has 0 saturated carbocycles. The summed E-state index contributed by atoms with van der Waals surface area (Å²) in [6.07, 6.45) is 0. The van der Waals surface area contributed by atoms with E-state index in [9.17, 15) is 0 Å². The number of aliphatic imine (C=N–C) groups is 2. The van der Waals surface area contributed by atoms with Crippen LogP contribution in [-0.2, 0) is 0 Å². The molecule has 2 aliphatic rings. The summed E-state index contributed by atoms with van der Waals surface area (Å²) in [5.41, 5.74) is 0.347. The van der Waals surface area contributed by atoms with E-state index in [1.165, 1.54) is 10.1 Å². The maximum Gasteiger partial charge on any atom is 0.134 e. The molecule has 90 valence electrons. The van der Waals surface area contributed by atoms with Crippen molar-refractivity contribution in [3.63, 3.8) is 0 Å². The van der Waals surface area contributed by atoms with Gasteiger partial charge in [0.15, 0.2) is 0 Å². The minimum absolute atomic E-state index is 0.174. The number of hydrogen-bond donors (Lipinski definition) is 0. The Kier molecular flexibility index (Phi) is 2.94. The third kappa shape index (κ3) is 2.33. The van der Waals surface area contributed by atoms with Gasteiger partial charge in [0.05, 0.1) is 10.1 Å². The van der Waals surface area contributed by atoms with Crippen LogP contribution in [0.4, 0.5) is 0 Å². The number of thioether (sulfide) groups is 2. The highest BCUT2D eigenvalue weighted by Crippen LogP contribution is 2.47. The zero-order valence-corrected chi connectivity index (χ0v) is 12.5. The van der Waals surface area contributed by atoms with Crippen LogP contribution in [0.15, 0.2) is 9.98 Å². The molecule has 0 saturated heterocycles. The third-order valence-corrected chi connectivity index (χ3v) is 5.74. The summed E-state index contributed by atoms with van der Waals surface area (Å²) < 4.78 is 0. The van der Waals surface area contributed by atoms with Crippen LogP contribution >= 0.6 is 23.5 Å². The van der Waals surface area contributed by atoms with Gasteiger partial charge in [0.1, 0.15) is 10.7 Å². The molecule has 2 nitrogen and oxygen atoms in total. The van der Waals surface area contributed by atoms with Gasteiger partial charge in [-0.3, -0.25) is 9.98 Å². The zero-order chi connectivity index (χ0) is 12.1. The monoisotopic (exact) mass is 256 g/mol. The fourth-order valence-corrected chi connectivity index (χ4v) is 4.21. The first-order valence-corrected chi connectivity index (χ1v) is 7.44. The first kappa shape index (κ1) is 12.5. The van der Waals surface area contributed by atoms with E-state index in [1.54, 1.807) is 0 Å². The van der Waals surface area contributed by atoms with Crippen molar-refractivity contribution in [1.82, 2.24) is 0 Å². The van der Waals surface area contributed by atoms with E-state index in [2.05, 4.69) is 41.5 Å². The Morgan fingerprint density at radius 1 is 0.750 bits per heavy atom. The summed E-state index contributed by atoms with van der Waals surface area (Å²) in [5, 5.41) is 3.17. The zero-order valence-electron chi connectivity index (χ0n) is 10.9. The molecular weight excluding hydrogens is 236 g/mol. The van der Waals surface area contributed by atoms with Gasteiger partial charge < -0.3 is 0 Å². The van der Waals surface area contributed by atoms with Crippen molar-refractivity contribution < 1.29 is 0 Å². The molecule has 0 aromatic heterocycles. The highest BCUT2D eigenvalue weighted by Gasteiger charge is 2.42. The molecule has 0 bridgehead atoms. The molecule has 16 heavy (non-hydrogen) atoms. The molecule has 2 atom stereocenters. The highest BCUT2D eigenvalue weighted by atomic mass is 32.2. The molecule has 0 aromatic rings. The normalized spacial score (nSPS) is 30.1.